The fraction of sp³-hybridized carbons (Fsp3) is 0.360. The van der Waals surface area contributed by atoms with E-state index in [9.17, 15) is 18.0 Å². The van der Waals surface area contributed by atoms with Crippen LogP contribution in [0.3, 0.4) is 0 Å². The van der Waals surface area contributed by atoms with E-state index in [1.165, 1.54) is 18.6 Å². The Balaban J connectivity index is 1.58. The van der Waals surface area contributed by atoms with Crippen LogP contribution in [0, 0.1) is 11.8 Å². The molecule has 0 atom stereocenters. The molecular formula is C25H27F3N6O2S. The Morgan fingerprint density at radius 1 is 1.27 bits per heavy atom. The molecule has 1 aliphatic heterocycles. The van der Waals surface area contributed by atoms with Crippen molar-refractivity contribution in [2.75, 3.05) is 44.4 Å². The number of thioether (sulfide) groups is 1. The number of imidazole rings is 1. The lowest BCUT2D eigenvalue weighted by Gasteiger charge is -2.24. The molecule has 0 saturated carbocycles. The molecule has 8 nitrogen and oxygen atoms in total. The summed E-state index contributed by atoms with van der Waals surface area (Å²) < 4.78 is 47.0. The smallest absolute Gasteiger partial charge is 0.447 e. The second kappa shape index (κ2) is 11.7. The van der Waals surface area contributed by atoms with E-state index in [-0.39, 0.29) is 41.0 Å². The SMILES string of the molecule is CNC(=O)c1ccc(NCC#Cc2nc3c(NC4CCNCC4)cccn3c2SC(F)(F)F)c(OC)c1. The second-order valence-corrected chi connectivity index (χ2v) is 9.30. The van der Waals surface area contributed by atoms with Crippen molar-refractivity contribution in [3.63, 3.8) is 0 Å². The van der Waals surface area contributed by atoms with Crippen molar-refractivity contribution in [2.24, 2.45) is 0 Å². The summed E-state index contributed by atoms with van der Waals surface area (Å²) in [6.45, 7) is 1.89. The molecule has 1 aliphatic rings. The molecule has 3 aromatic rings. The highest BCUT2D eigenvalue weighted by atomic mass is 32.2. The number of hydrogen-bond acceptors (Lipinski definition) is 7. The Kier molecular flexibility index (Phi) is 8.35. The number of carbonyl (C=O) groups is 1. The number of amides is 1. The van der Waals surface area contributed by atoms with Gasteiger partial charge >= 0.3 is 5.51 Å². The zero-order valence-corrected chi connectivity index (χ0v) is 21.1. The summed E-state index contributed by atoms with van der Waals surface area (Å²) in [5.41, 5.74) is -2.35. The molecule has 1 aromatic carbocycles. The Morgan fingerprint density at radius 3 is 2.76 bits per heavy atom. The molecule has 12 heteroatoms. The molecule has 0 unspecified atom stereocenters. The number of nitrogens with zero attached hydrogens (tertiary/aromatic N) is 2. The Labute approximate surface area is 216 Å². The van der Waals surface area contributed by atoms with Gasteiger partial charge in [0, 0.05) is 36.6 Å². The van der Waals surface area contributed by atoms with Crippen LogP contribution in [-0.2, 0) is 0 Å². The quantitative estimate of drug-likeness (QED) is 0.271. The molecule has 0 aliphatic carbocycles. The number of anilines is 2. The number of carbonyl (C=O) groups excluding carboxylic acids is 1. The zero-order chi connectivity index (χ0) is 26.4. The van der Waals surface area contributed by atoms with Crippen LogP contribution in [-0.4, -0.2) is 60.6 Å². The molecule has 196 valence electrons. The molecule has 0 spiro atoms. The molecule has 2 aromatic heterocycles. The van der Waals surface area contributed by atoms with Gasteiger partial charge in [0.25, 0.3) is 5.91 Å². The summed E-state index contributed by atoms with van der Waals surface area (Å²) >= 11 is -0.233. The lowest BCUT2D eigenvalue weighted by atomic mass is 10.1. The van der Waals surface area contributed by atoms with E-state index in [0.717, 1.165) is 25.9 Å². The number of nitrogens with one attached hydrogen (secondary N) is 4. The van der Waals surface area contributed by atoms with Crippen LogP contribution in [0.5, 0.6) is 5.75 Å². The third-order valence-corrected chi connectivity index (χ3v) is 6.60. The standard InChI is InChI=1S/C25H27F3N6O2S/c1-29-23(35)16-7-8-18(21(15-16)36-2)31-11-3-5-20-24(37-25(26,27)28)34-14-4-6-19(22(34)33-20)32-17-9-12-30-13-10-17/h4,6-8,14-15,17,30-32H,9-13H2,1-2H3,(H,29,35). The van der Waals surface area contributed by atoms with Crippen molar-refractivity contribution >= 4 is 34.7 Å². The highest BCUT2D eigenvalue weighted by molar-refractivity contribution is 8.00. The molecule has 0 radical (unpaired) electrons. The minimum atomic E-state index is -4.50. The molecule has 3 heterocycles. The summed E-state index contributed by atoms with van der Waals surface area (Å²) in [7, 11) is 3.01. The maximum Gasteiger partial charge on any atom is 0.447 e. The summed E-state index contributed by atoms with van der Waals surface area (Å²) in [4.78, 5) is 16.3. The minimum Gasteiger partial charge on any atom is -0.495 e. The average molecular weight is 533 g/mol. The number of halogens is 3. The average Bonchev–Trinajstić information content (AvgIpc) is 3.23. The van der Waals surface area contributed by atoms with Crippen LogP contribution in [0.25, 0.3) is 5.65 Å². The van der Waals surface area contributed by atoms with Gasteiger partial charge in [-0.3, -0.25) is 9.20 Å². The highest BCUT2D eigenvalue weighted by Crippen LogP contribution is 2.39. The van der Waals surface area contributed by atoms with Crippen LogP contribution >= 0.6 is 11.8 Å². The van der Waals surface area contributed by atoms with Gasteiger partial charge in [-0.05, 0) is 62.2 Å². The van der Waals surface area contributed by atoms with Gasteiger partial charge in [0.2, 0.25) is 0 Å². The number of aromatic nitrogens is 2. The highest BCUT2D eigenvalue weighted by Gasteiger charge is 2.33. The number of methoxy groups -OCH3 is 1. The Morgan fingerprint density at radius 2 is 2.05 bits per heavy atom. The number of benzene rings is 1. The van der Waals surface area contributed by atoms with Crippen LogP contribution in [0.2, 0.25) is 0 Å². The molecule has 1 amide bonds. The van der Waals surface area contributed by atoms with Gasteiger partial charge in [-0.2, -0.15) is 13.2 Å². The Hall–Kier alpha value is -3.56. The fourth-order valence-electron chi connectivity index (χ4n) is 4.02. The lowest BCUT2D eigenvalue weighted by molar-refractivity contribution is -0.0330. The largest absolute Gasteiger partial charge is 0.495 e. The predicted octanol–water partition coefficient (Wildman–Crippen LogP) is 3.94. The topological polar surface area (TPSA) is 91.7 Å². The number of pyridine rings is 1. The van der Waals surface area contributed by atoms with Crippen LogP contribution in [0.1, 0.15) is 28.9 Å². The van der Waals surface area contributed by atoms with E-state index in [2.05, 4.69) is 38.1 Å². The van der Waals surface area contributed by atoms with Crippen molar-refractivity contribution in [1.29, 1.82) is 0 Å². The number of rotatable bonds is 7. The number of alkyl halides is 3. The maximum absolute atomic E-state index is 13.4. The minimum absolute atomic E-state index is 0.0469. The number of piperidine rings is 1. The summed E-state index contributed by atoms with van der Waals surface area (Å²) in [6, 6.07) is 8.64. The summed E-state index contributed by atoms with van der Waals surface area (Å²) in [5, 5.41) is 12.3. The van der Waals surface area contributed by atoms with E-state index in [4.69, 9.17) is 4.74 Å². The van der Waals surface area contributed by atoms with Gasteiger partial charge in [-0.25, -0.2) is 4.98 Å². The maximum atomic E-state index is 13.4. The van der Waals surface area contributed by atoms with Gasteiger partial charge in [0.15, 0.2) is 5.65 Å². The predicted molar refractivity (Wildman–Crippen MR) is 138 cm³/mol. The van der Waals surface area contributed by atoms with E-state index >= 15 is 0 Å². The van der Waals surface area contributed by atoms with E-state index in [1.54, 1.807) is 30.5 Å². The first kappa shape index (κ1) is 26.5. The van der Waals surface area contributed by atoms with Crippen LogP contribution < -0.4 is 26.0 Å². The molecule has 1 fully saturated rings. The summed E-state index contributed by atoms with van der Waals surface area (Å²) in [5.74, 6) is 5.84. The normalized spacial score (nSPS) is 14.1. The van der Waals surface area contributed by atoms with Gasteiger partial charge in [-0.15, -0.1) is 0 Å². The van der Waals surface area contributed by atoms with Crippen LogP contribution in [0.4, 0.5) is 24.5 Å². The van der Waals surface area contributed by atoms with E-state index in [0.29, 0.717) is 28.3 Å². The molecular weight excluding hydrogens is 505 g/mol. The molecule has 4 rings (SSSR count). The van der Waals surface area contributed by atoms with E-state index < -0.39 is 5.51 Å². The van der Waals surface area contributed by atoms with Crippen molar-refractivity contribution in [1.82, 2.24) is 20.0 Å². The number of ether oxygens (including phenoxy) is 1. The molecule has 4 N–H and O–H groups in total. The monoisotopic (exact) mass is 532 g/mol. The van der Waals surface area contributed by atoms with Crippen LogP contribution in [0.15, 0.2) is 41.6 Å². The number of fused-ring (bicyclic) bond motifs is 1. The molecule has 1 saturated heterocycles. The first-order chi connectivity index (χ1) is 17.8. The third kappa shape index (κ3) is 6.61. The Bertz CT molecular complexity index is 1330. The number of hydrogen-bond donors (Lipinski definition) is 4. The molecule has 0 bridgehead atoms. The zero-order valence-electron chi connectivity index (χ0n) is 20.3. The van der Waals surface area contributed by atoms with Gasteiger partial charge in [0.05, 0.1) is 25.0 Å². The summed E-state index contributed by atoms with van der Waals surface area (Å²) in [6.07, 6.45) is 3.39. The van der Waals surface area contributed by atoms with E-state index in [1.807, 2.05) is 6.07 Å². The van der Waals surface area contributed by atoms with Gasteiger partial charge in [0.1, 0.15) is 16.5 Å². The first-order valence-electron chi connectivity index (χ1n) is 11.7. The third-order valence-electron chi connectivity index (χ3n) is 5.78. The van der Waals surface area contributed by atoms with Crippen molar-refractivity contribution in [3.8, 4) is 17.6 Å². The van der Waals surface area contributed by atoms with Gasteiger partial charge < -0.3 is 26.0 Å². The second-order valence-electron chi connectivity index (χ2n) is 8.25. The molecule has 37 heavy (non-hydrogen) atoms. The first-order valence-corrected chi connectivity index (χ1v) is 12.5. The van der Waals surface area contributed by atoms with Crippen molar-refractivity contribution in [2.45, 2.75) is 29.4 Å². The van der Waals surface area contributed by atoms with Gasteiger partial charge in [-0.1, -0.05) is 5.92 Å². The van der Waals surface area contributed by atoms with Crippen molar-refractivity contribution < 1.29 is 22.7 Å². The lowest BCUT2D eigenvalue weighted by Crippen LogP contribution is -2.35. The fourth-order valence-corrected chi connectivity index (χ4v) is 4.68. The van der Waals surface area contributed by atoms with Crippen molar-refractivity contribution in [3.05, 3.63) is 47.8 Å².